The summed E-state index contributed by atoms with van der Waals surface area (Å²) in [5.41, 5.74) is 1.21. The summed E-state index contributed by atoms with van der Waals surface area (Å²) < 4.78 is 52.5. The standard InChI is InChI=1S/C24H27Cl2FN4O4S/c1-34-22-13-21-18(24(29-14-28-21)30-16-5-8-20(27)19(26)11-16)12-23(22)35-17-6-3-15(4-7-17)31-36(32,33)10-2-9-25/h5,8,11-15,17,31H,2-4,6-7,9-10H2,1H3,(H,28,29,30). The van der Waals surface area contributed by atoms with E-state index in [1.54, 1.807) is 19.2 Å². The van der Waals surface area contributed by atoms with E-state index in [-0.39, 0.29) is 22.9 Å². The average Bonchev–Trinajstić information content (AvgIpc) is 2.86. The maximum atomic E-state index is 13.5. The van der Waals surface area contributed by atoms with Crippen molar-refractivity contribution in [2.24, 2.45) is 0 Å². The number of anilines is 2. The minimum atomic E-state index is -3.34. The average molecular weight is 557 g/mol. The second-order valence-corrected chi connectivity index (χ2v) is 11.2. The number of nitrogens with one attached hydrogen (secondary N) is 2. The Morgan fingerprint density at radius 2 is 1.89 bits per heavy atom. The van der Waals surface area contributed by atoms with Crippen molar-refractivity contribution < 1.29 is 22.3 Å². The van der Waals surface area contributed by atoms with E-state index in [9.17, 15) is 12.8 Å². The van der Waals surface area contributed by atoms with Crippen molar-refractivity contribution in [3.8, 4) is 11.5 Å². The number of halogens is 3. The molecule has 0 amide bonds. The third-order valence-corrected chi connectivity index (χ3v) is 8.04. The summed E-state index contributed by atoms with van der Waals surface area (Å²) in [5.74, 6) is 1.41. The molecule has 36 heavy (non-hydrogen) atoms. The molecule has 12 heteroatoms. The maximum absolute atomic E-state index is 13.5. The number of hydrogen-bond donors (Lipinski definition) is 2. The van der Waals surface area contributed by atoms with E-state index in [2.05, 4.69) is 20.0 Å². The molecular formula is C24H27Cl2FN4O4S. The summed E-state index contributed by atoms with van der Waals surface area (Å²) >= 11 is 11.5. The van der Waals surface area contributed by atoms with Gasteiger partial charge in [-0.15, -0.1) is 11.6 Å². The summed E-state index contributed by atoms with van der Waals surface area (Å²) in [7, 11) is -1.78. The van der Waals surface area contributed by atoms with E-state index in [0.29, 0.717) is 71.9 Å². The molecule has 2 aromatic carbocycles. The van der Waals surface area contributed by atoms with Crippen LogP contribution in [0.2, 0.25) is 5.02 Å². The van der Waals surface area contributed by atoms with Crippen LogP contribution < -0.4 is 19.5 Å². The number of nitrogens with zero attached hydrogens (tertiary/aromatic N) is 2. The van der Waals surface area contributed by atoms with E-state index in [1.807, 2.05) is 6.07 Å². The van der Waals surface area contributed by atoms with E-state index >= 15 is 0 Å². The van der Waals surface area contributed by atoms with Crippen molar-refractivity contribution in [3.63, 3.8) is 0 Å². The van der Waals surface area contributed by atoms with Crippen molar-refractivity contribution in [1.29, 1.82) is 0 Å². The molecule has 0 bridgehead atoms. The van der Waals surface area contributed by atoms with E-state index in [0.717, 1.165) is 0 Å². The first-order chi connectivity index (χ1) is 17.3. The van der Waals surface area contributed by atoms with Crippen molar-refractivity contribution in [2.45, 2.75) is 44.2 Å². The lowest BCUT2D eigenvalue weighted by Gasteiger charge is -2.29. The van der Waals surface area contributed by atoms with Crippen molar-refractivity contribution in [2.75, 3.05) is 24.1 Å². The zero-order valence-electron chi connectivity index (χ0n) is 19.6. The van der Waals surface area contributed by atoms with Gasteiger partial charge < -0.3 is 14.8 Å². The Morgan fingerprint density at radius 3 is 2.58 bits per heavy atom. The Hall–Kier alpha value is -2.40. The third kappa shape index (κ3) is 6.67. The molecule has 1 aliphatic carbocycles. The number of sulfonamides is 1. The van der Waals surface area contributed by atoms with Gasteiger partial charge in [0.25, 0.3) is 0 Å². The van der Waals surface area contributed by atoms with Gasteiger partial charge in [0.1, 0.15) is 18.0 Å². The van der Waals surface area contributed by atoms with E-state index in [4.69, 9.17) is 32.7 Å². The van der Waals surface area contributed by atoms with Crippen LogP contribution in [0.25, 0.3) is 10.9 Å². The number of alkyl halides is 1. The third-order valence-electron chi connectivity index (χ3n) is 5.96. The molecule has 3 aromatic rings. The molecule has 0 atom stereocenters. The molecule has 1 aromatic heterocycles. The van der Waals surface area contributed by atoms with E-state index < -0.39 is 15.8 Å². The summed E-state index contributed by atoms with van der Waals surface area (Å²) in [5, 5.41) is 3.84. The highest BCUT2D eigenvalue weighted by atomic mass is 35.5. The molecule has 0 spiro atoms. The minimum Gasteiger partial charge on any atom is -0.493 e. The molecule has 8 nitrogen and oxygen atoms in total. The SMILES string of the molecule is COc1cc2ncnc(Nc3ccc(F)c(Cl)c3)c2cc1OC1CCC(NS(=O)(=O)CCCCl)CC1. The van der Waals surface area contributed by atoms with Gasteiger partial charge in [0.15, 0.2) is 11.5 Å². The first-order valence-corrected chi connectivity index (χ1v) is 14.1. The number of fused-ring (bicyclic) bond motifs is 1. The molecule has 0 aliphatic heterocycles. The number of rotatable bonds is 10. The van der Waals surface area contributed by atoms with Crippen LogP contribution >= 0.6 is 23.2 Å². The monoisotopic (exact) mass is 556 g/mol. The lowest BCUT2D eigenvalue weighted by Crippen LogP contribution is -2.40. The lowest BCUT2D eigenvalue weighted by molar-refractivity contribution is 0.140. The van der Waals surface area contributed by atoms with Crippen molar-refractivity contribution in [1.82, 2.24) is 14.7 Å². The molecule has 1 fully saturated rings. The summed E-state index contributed by atoms with van der Waals surface area (Å²) in [6.07, 6.45) is 4.46. The zero-order chi connectivity index (χ0) is 25.7. The fourth-order valence-corrected chi connectivity index (χ4v) is 6.02. The number of benzene rings is 2. The minimum absolute atomic E-state index is 0.000920. The molecule has 194 valence electrons. The number of hydrogen-bond acceptors (Lipinski definition) is 7. The molecule has 2 N–H and O–H groups in total. The molecule has 0 unspecified atom stereocenters. The highest BCUT2D eigenvalue weighted by Crippen LogP contribution is 2.37. The highest BCUT2D eigenvalue weighted by Gasteiger charge is 2.26. The van der Waals surface area contributed by atoms with Gasteiger partial charge in [0, 0.05) is 29.1 Å². The Labute approximate surface area is 219 Å². The van der Waals surface area contributed by atoms with Crippen LogP contribution in [-0.2, 0) is 10.0 Å². The summed E-state index contributed by atoms with van der Waals surface area (Å²) in [6.45, 7) is 0. The van der Waals surface area contributed by atoms with Crippen LogP contribution in [0.1, 0.15) is 32.1 Å². The lowest BCUT2D eigenvalue weighted by atomic mass is 9.93. The maximum Gasteiger partial charge on any atom is 0.211 e. The summed E-state index contributed by atoms with van der Waals surface area (Å²) in [4.78, 5) is 8.66. The fourth-order valence-electron chi connectivity index (χ4n) is 4.16. The van der Waals surface area contributed by atoms with Crippen LogP contribution in [0.3, 0.4) is 0 Å². The molecule has 1 heterocycles. The number of methoxy groups -OCH3 is 1. The van der Waals surface area contributed by atoms with Crippen molar-refractivity contribution in [3.05, 3.63) is 47.5 Å². The molecule has 1 aliphatic rings. The Morgan fingerprint density at radius 1 is 1.11 bits per heavy atom. The van der Waals surface area contributed by atoms with Gasteiger partial charge >= 0.3 is 0 Å². The largest absolute Gasteiger partial charge is 0.493 e. The zero-order valence-corrected chi connectivity index (χ0v) is 22.0. The Kier molecular flexibility index (Phi) is 8.71. The number of ether oxygens (including phenoxy) is 2. The van der Waals surface area contributed by atoms with Gasteiger partial charge in [-0.25, -0.2) is 27.5 Å². The topological polar surface area (TPSA) is 102 Å². The predicted octanol–water partition coefficient (Wildman–Crippen LogP) is 5.41. The first kappa shape index (κ1) is 26.7. The van der Waals surface area contributed by atoms with Crippen LogP contribution in [0.5, 0.6) is 11.5 Å². The second-order valence-electron chi connectivity index (χ2n) is 8.57. The predicted molar refractivity (Wildman–Crippen MR) is 140 cm³/mol. The number of aromatic nitrogens is 2. The van der Waals surface area contributed by atoms with Crippen LogP contribution in [0.4, 0.5) is 15.9 Å². The Bertz CT molecular complexity index is 1320. The van der Waals surface area contributed by atoms with Crippen LogP contribution in [0, 0.1) is 5.82 Å². The molecule has 0 saturated heterocycles. The summed E-state index contributed by atoms with van der Waals surface area (Å²) in [6, 6.07) is 7.79. The normalized spacial score (nSPS) is 18.2. The van der Waals surface area contributed by atoms with Gasteiger partial charge in [-0.3, -0.25) is 0 Å². The quantitative estimate of drug-likeness (QED) is 0.321. The second kappa shape index (κ2) is 11.8. The fraction of sp³-hybridized carbons (Fsp3) is 0.417. The highest BCUT2D eigenvalue weighted by molar-refractivity contribution is 7.89. The van der Waals surface area contributed by atoms with Crippen LogP contribution in [0.15, 0.2) is 36.7 Å². The molecule has 0 radical (unpaired) electrons. The van der Waals surface area contributed by atoms with Gasteiger partial charge in [-0.2, -0.15) is 0 Å². The molecule has 4 rings (SSSR count). The molecular weight excluding hydrogens is 530 g/mol. The smallest absolute Gasteiger partial charge is 0.211 e. The van der Waals surface area contributed by atoms with Crippen molar-refractivity contribution >= 4 is 55.6 Å². The molecule has 1 saturated carbocycles. The first-order valence-electron chi connectivity index (χ1n) is 11.6. The van der Waals surface area contributed by atoms with E-state index in [1.165, 1.54) is 18.5 Å². The van der Waals surface area contributed by atoms with Gasteiger partial charge in [0.05, 0.1) is 29.5 Å². The van der Waals surface area contributed by atoms with Gasteiger partial charge in [-0.1, -0.05) is 11.6 Å². The Balaban J connectivity index is 1.49. The van der Waals surface area contributed by atoms with Gasteiger partial charge in [-0.05, 0) is 56.4 Å². The van der Waals surface area contributed by atoms with Gasteiger partial charge in [0.2, 0.25) is 10.0 Å². The van der Waals surface area contributed by atoms with Crippen LogP contribution in [-0.4, -0.2) is 49.3 Å².